The molecule has 6 heteroatoms. The predicted octanol–water partition coefficient (Wildman–Crippen LogP) is 1.88. The van der Waals surface area contributed by atoms with Gasteiger partial charge in [-0.05, 0) is 24.2 Å². The number of amides is 2. The largest absolute Gasteiger partial charge is 0.480 e. The summed E-state index contributed by atoms with van der Waals surface area (Å²) < 4.78 is 0. The van der Waals surface area contributed by atoms with E-state index < -0.39 is 18.0 Å². The Hall–Kier alpha value is -1.69. The number of hydrogen-bond acceptors (Lipinski definition) is 3. The fourth-order valence-electron chi connectivity index (χ4n) is 2.27. The van der Waals surface area contributed by atoms with Crippen LogP contribution >= 0.6 is 11.8 Å². The van der Waals surface area contributed by atoms with Crippen LogP contribution in [0.3, 0.4) is 0 Å². The van der Waals surface area contributed by atoms with E-state index in [1.165, 1.54) is 6.42 Å². The molecule has 114 valence electrons. The number of carbonyl (C=O) groups is 2. The lowest BCUT2D eigenvalue weighted by molar-refractivity contribution is -0.139. The Labute approximate surface area is 128 Å². The van der Waals surface area contributed by atoms with Crippen LogP contribution in [-0.2, 0) is 11.2 Å². The number of carboxylic acid groups (broad SMARTS) is 1. The Balaban J connectivity index is 1.81. The second-order valence-electron chi connectivity index (χ2n) is 5.07. The van der Waals surface area contributed by atoms with Crippen LogP contribution in [0.2, 0.25) is 0 Å². The topological polar surface area (TPSA) is 78.4 Å². The molecular weight excluding hydrogens is 288 g/mol. The van der Waals surface area contributed by atoms with E-state index in [0.29, 0.717) is 11.8 Å². The average molecular weight is 308 g/mol. The van der Waals surface area contributed by atoms with E-state index in [1.54, 1.807) is 0 Å². The van der Waals surface area contributed by atoms with Gasteiger partial charge in [-0.25, -0.2) is 9.59 Å². The molecule has 1 aliphatic heterocycles. The van der Waals surface area contributed by atoms with E-state index in [9.17, 15) is 14.7 Å². The average Bonchev–Trinajstić information content (AvgIpc) is 2.99. The molecule has 0 aromatic heterocycles. The highest BCUT2D eigenvalue weighted by Crippen LogP contribution is 2.25. The van der Waals surface area contributed by atoms with Crippen LogP contribution in [0, 0.1) is 0 Å². The van der Waals surface area contributed by atoms with Crippen LogP contribution in [0.4, 0.5) is 4.79 Å². The summed E-state index contributed by atoms with van der Waals surface area (Å²) in [6.07, 6.45) is 2.57. The zero-order valence-corrected chi connectivity index (χ0v) is 12.6. The van der Waals surface area contributed by atoms with Crippen LogP contribution in [0.5, 0.6) is 0 Å². The third kappa shape index (κ3) is 5.30. The lowest BCUT2D eigenvalue weighted by Crippen LogP contribution is -2.48. The van der Waals surface area contributed by atoms with Gasteiger partial charge in [-0.15, -0.1) is 0 Å². The van der Waals surface area contributed by atoms with Crippen molar-refractivity contribution in [3.8, 4) is 0 Å². The van der Waals surface area contributed by atoms with Crippen molar-refractivity contribution in [2.45, 2.75) is 30.6 Å². The molecule has 0 saturated carbocycles. The van der Waals surface area contributed by atoms with Gasteiger partial charge < -0.3 is 15.7 Å². The third-order valence-corrected chi connectivity index (χ3v) is 4.80. The second kappa shape index (κ2) is 7.93. The third-order valence-electron chi connectivity index (χ3n) is 3.40. The van der Waals surface area contributed by atoms with E-state index >= 15 is 0 Å². The summed E-state index contributed by atoms with van der Waals surface area (Å²) in [6, 6.07) is 7.96. The van der Waals surface area contributed by atoms with Gasteiger partial charge in [0.2, 0.25) is 0 Å². The minimum absolute atomic E-state index is 0.280. The van der Waals surface area contributed by atoms with Crippen molar-refractivity contribution in [1.29, 1.82) is 0 Å². The first-order valence-corrected chi connectivity index (χ1v) is 8.12. The SMILES string of the molecule is O=C(NCC1CCCS1)N[C@H](Cc1ccccc1)C(=O)O. The Bertz CT molecular complexity index is 475. The van der Waals surface area contributed by atoms with Crippen molar-refractivity contribution >= 4 is 23.8 Å². The van der Waals surface area contributed by atoms with Crippen molar-refractivity contribution in [3.63, 3.8) is 0 Å². The van der Waals surface area contributed by atoms with Gasteiger partial charge in [0.1, 0.15) is 6.04 Å². The molecule has 1 saturated heterocycles. The molecule has 2 rings (SSSR count). The Morgan fingerprint density at radius 2 is 2.10 bits per heavy atom. The van der Waals surface area contributed by atoms with Crippen molar-refractivity contribution < 1.29 is 14.7 Å². The van der Waals surface area contributed by atoms with Crippen LogP contribution < -0.4 is 10.6 Å². The highest BCUT2D eigenvalue weighted by Gasteiger charge is 2.21. The first-order chi connectivity index (χ1) is 10.1. The van der Waals surface area contributed by atoms with E-state index in [1.807, 2.05) is 42.1 Å². The zero-order chi connectivity index (χ0) is 15.1. The number of hydrogen-bond donors (Lipinski definition) is 3. The van der Waals surface area contributed by atoms with Crippen LogP contribution in [0.1, 0.15) is 18.4 Å². The van der Waals surface area contributed by atoms with Crippen LogP contribution in [0.25, 0.3) is 0 Å². The van der Waals surface area contributed by atoms with Crippen LogP contribution in [0.15, 0.2) is 30.3 Å². The first-order valence-electron chi connectivity index (χ1n) is 7.08. The Morgan fingerprint density at radius 1 is 1.33 bits per heavy atom. The van der Waals surface area contributed by atoms with Gasteiger partial charge in [-0.1, -0.05) is 30.3 Å². The van der Waals surface area contributed by atoms with Crippen molar-refractivity contribution in [2.24, 2.45) is 0 Å². The summed E-state index contributed by atoms with van der Waals surface area (Å²) in [7, 11) is 0. The fourth-order valence-corrected chi connectivity index (χ4v) is 3.47. The highest BCUT2D eigenvalue weighted by molar-refractivity contribution is 8.00. The molecule has 3 N–H and O–H groups in total. The van der Waals surface area contributed by atoms with Crippen LogP contribution in [-0.4, -0.2) is 40.7 Å². The molecule has 1 aromatic carbocycles. The summed E-state index contributed by atoms with van der Waals surface area (Å²) in [5.41, 5.74) is 0.886. The minimum Gasteiger partial charge on any atom is -0.480 e. The van der Waals surface area contributed by atoms with Gasteiger partial charge >= 0.3 is 12.0 Å². The molecular formula is C15H20N2O3S. The minimum atomic E-state index is -1.02. The molecule has 2 amide bonds. The molecule has 0 bridgehead atoms. The summed E-state index contributed by atoms with van der Waals surface area (Å²) in [4.78, 5) is 23.1. The molecule has 1 heterocycles. The Kier molecular flexibility index (Phi) is 5.92. The number of carbonyl (C=O) groups excluding carboxylic acids is 1. The van der Waals surface area contributed by atoms with E-state index in [0.717, 1.165) is 17.7 Å². The lowest BCUT2D eigenvalue weighted by Gasteiger charge is -2.16. The number of urea groups is 1. The van der Waals surface area contributed by atoms with Gasteiger partial charge in [0, 0.05) is 18.2 Å². The predicted molar refractivity (Wildman–Crippen MR) is 83.6 cm³/mol. The molecule has 1 fully saturated rings. The first kappa shape index (κ1) is 15.7. The van der Waals surface area contributed by atoms with Crippen molar-refractivity contribution in [1.82, 2.24) is 10.6 Å². The smallest absolute Gasteiger partial charge is 0.326 e. The molecule has 0 spiro atoms. The normalized spacial score (nSPS) is 19.0. The summed E-state index contributed by atoms with van der Waals surface area (Å²) in [6.45, 7) is 0.591. The summed E-state index contributed by atoms with van der Waals surface area (Å²) in [5.74, 6) is 0.115. The number of carboxylic acids is 1. The molecule has 1 aliphatic rings. The van der Waals surface area contributed by atoms with E-state index in [4.69, 9.17) is 0 Å². The molecule has 2 atom stereocenters. The van der Waals surface area contributed by atoms with Gasteiger partial charge in [0.05, 0.1) is 0 Å². The molecule has 1 aromatic rings. The van der Waals surface area contributed by atoms with Gasteiger partial charge in [0.25, 0.3) is 0 Å². The van der Waals surface area contributed by atoms with Gasteiger partial charge in [-0.2, -0.15) is 11.8 Å². The quantitative estimate of drug-likeness (QED) is 0.750. The van der Waals surface area contributed by atoms with Gasteiger partial charge in [-0.3, -0.25) is 0 Å². The van der Waals surface area contributed by atoms with E-state index in [-0.39, 0.29) is 6.42 Å². The number of nitrogens with one attached hydrogen (secondary N) is 2. The zero-order valence-electron chi connectivity index (χ0n) is 11.7. The van der Waals surface area contributed by atoms with Crippen molar-refractivity contribution in [2.75, 3.05) is 12.3 Å². The number of rotatable bonds is 6. The molecule has 0 aliphatic carbocycles. The van der Waals surface area contributed by atoms with Gasteiger partial charge in [0.15, 0.2) is 0 Å². The second-order valence-corrected chi connectivity index (χ2v) is 6.48. The Morgan fingerprint density at radius 3 is 2.71 bits per heavy atom. The lowest BCUT2D eigenvalue weighted by atomic mass is 10.1. The molecule has 0 radical (unpaired) electrons. The standard InChI is InChI=1S/C15H20N2O3S/c18-14(19)13(9-11-5-2-1-3-6-11)17-15(20)16-10-12-7-4-8-21-12/h1-3,5-6,12-13H,4,7-10H2,(H,18,19)(H2,16,17,20)/t12?,13-/m1/s1. The molecule has 21 heavy (non-hydrogen) atoms. The van der Waals surface area contributed by atoms with E-state index in [2.05, 4.69) is 10.6 Å². The summed E-state index contributed by atoms with van der Waals surface area (Å²) >= 11 is 1.85. The monoisotopic (exact) mass is 308 g/mol. The summed E-state index contributed by atoms with van der Waals surface area (Å²) in [5, 5.41) is 15.0. The number of benzene rings is 1. The molecule has 5 nitrogen and oxygen atoms in total. The molecule has 1 unspecified atom stereocenters. The number of aliphatic carboxylic acids is 1. The maximum absolute atomic E-state index is 11.8. The fraction of sp³-hybridized carbons (Fsp3) is 0.467. The maximum atomic E-state index is 11.8. The van der Waals surface area contributed by atoms with Crippen molar-refractivity contribution in [3.05, 3.63) is 35.9 Å². The number of thioether (sulfide) groups is 1. The maximum Gasteiger partial charge on any atom is 0.326 e. The highest BCUT2D eigenvalue weighted by atomic mass is 32.2.